The number of unbranched alkanes of at least 4 members (excludes halogenated alkanes) is 9. The molecule has 2 rings (SSSR count). The first kappa shape index (κ1) is 76.9. The molecule has 11 amide bonds. The summed E-state index contributed by atoms with van der Waals surface area (Å²) in [6.07, 6.45) is -2.17. The van der Waals surface area contributed by atoms with Gasteiger partial charge in [0.2, 0.25) is 53.2 Å². The molecule has 0 spiro atoms. The van der Waals surface area contributed by atoms with Crippen LogP contribution in [0.2, 0.25) is 0 Å². The van der Waals surface area contributed by atoms with Gasteiger partial charge in [-0.3, -0.25) is 57.6 Å². The van der Waals surface area contributed by atoms with E-state index in [4.69, 9.17) is 23.1 Å². The molecular weight excluding hydrogens is 1190 g/mol. The molecule has 88 heavy (non-hydrogen) atoms. The van der Waals surface area contributed by atoms with E-state index < -0.39 is 207 Å². The van der Waals surface area contributed by atoms with Crippen molar-refractivity contribution in [3.63, 3.8) is 0 Å². The molecule has 0 aromatic carbocycles. The molecule has 33 nitrogen and oxygen atoms in total. The van der Waals surface area contributed by atoms with E-state index in [1.54, 1.807) is 0 Å². The minimum absolute atomic E-state index is 0.0712. The van der Waals surface area contributed by atoms with Crippen molar-refractivity contribution in [3.8, 4) is 0 Å². The summed E-state index contributed by atoms with van der Waals surface area (Å²) in [6, 6.07) is -17.3. The highest BCUT2D eigenvalue weighted by Crippen LogP contribution is 2.18. The summed E-state index contributed by atoms with van der Waals surface area (Å²) in [5, 5.41) is 103. The minimum atomic E-state index is -2.95. The number of aliphatic hydroxyl groups is 7. The first-order valence-electron chi connectivity index (χ1n) is 29.0. The number of nitrogens with one attached hydrogen (secondary N) is 9. The lowest BCUT2D eigenvalue weighted by Gasteiger charge is -2.35. The molecule has 0 aliphatic carbocycles. The fourth-order valence-electron chi connectivity index (χ4n) is 9.07. The van der Waals surface area contributed by atoms with Gasteiger partial charge in [0.25, 0.3) is 11.8 Å². The molecule has 1 aliphatic heterocycles. The van der Waals surface area contributed by atoms with E-state index in [1.165, 1.54) is 12.5 Å². The van der Waals surface area contributed by atoms with Gasteiger partial charge in [0.15, 0.2) is 6.10 Å². The number of allylic oxidation sites excluding steroid dienone is 1. The quantitative estimate of drug-likeness (QED) is 0.0202. The van der Waals surface area contributed by atoms with Gasteiger partial charge >= 0.3 is 5.97 Å². The minimum Gasteiger partial charge on any atom is -0.479 e. The molecule has 1 saturated heterocycles. The number of halogens is 1. The van der Waals surface area contributed by atoms with Crippen molar-refractivity contribution in [1.29, 1.82) is 0 Å². The van der Waals surface area contributed by atoms with Crippen LogP contribution in [0.15, 0.2) is 24.3 Å². The Morgan fingerprint density at radius 2 is 1.23 bits per heavy atom. The first-order valence-corrected chi connectivity index (χ1v) is 29.6. The largest absolute Gasteiger partial charge is 0.479 e. The van der Waals surface area contributed by atoms with Crippen LogP contribution in [0, 0.1) is 0 Å². The van der Waals surface area contributed by atoms with E-state index in [0.29, 0.717) is 12.8 Å². The number of hydrogen-bond donors (Lipinski definition) is 19. The van der Waals surface area contributed by atoms with E-state index >= 15 is 0 Å². The number of carboxylic acids is 1. The van der Waals surface area contributed by atoms with E-state index in [9.17, 15) is 98.4 Å². The zero-order valence-electron chi connectivity index (χ0n) is 49.5. The first-order chi connectivity index (χ1) is 41.7. The number of amides is 11. The van der Waals surface area contributed by atoms with Gasteiger partial charge in [-0.25, -0.2) is 9.78 Å². The van der Waals surface area contributed by atoms with Crippen LogP contribution in [0.5, 0.6) is 0 Å². The van der Waals surface area contributed by atoms with Crippen LogP contribution >= 0.6 is 11.6 Å². The normalized spacial score (nSPS) is 24.2. The number of aliphatic carboxylic acids is 1. The summed E-state index contributed by atoms with van der Waals surface area (Å²) in [4.78, 5) is 173. The number of carbonyl (C=O) groups excluding carboxylic acids is 11. The molecule has 0 radical (unpaired) electrons. The summed E-state index contributed by atoms with van der Waals surface area (Å²) < 4.78 is 0. The second-order valence-corrected chi connectivity index (χ2v) is 21.4. The summed E-state index contributed by atoms with van der Waals surface area (Å²) in [6.45, 7) is 1.71. The summed E-state index contributed by atoms with van der Waals surface area (Å²) >= 11 is 5.98. The van der Waals surface area contributed by atoms with Crippen molar-refractivity contribution in [1.82, 2.24) is 57.4 Å². The molecule has 1 aliphatic rings. The highest BCUT2D eigenvalue weighted by molar-refractivity contribution is 6.18. The number of alkyl halides is 1. The summed E-state index contributed by atoms with van der Waals surface area (Å²) in [7, 11) is 0. The molecule has 2 heterocycles. The van der Waals surface area contributed by atoms with E-state index in [1.807, 2.05) is 10.6 Å². The third-order valence-corrected chi connectivity index (χ3v) is 14.4. The molecule has 34 heteroatoms. The van der Waals surface area contributed by atoms with Crippen LogP contribution in [0.1, 0.15) is 129 Å². The van der Waals surface area contributed by atoms with Crippen molar-refractivity contribution in [3.05, 3.63) is 30.0 Å². The van der Waals surface area contributed by atoms with Gasteiger partial charge in [0.1, 0.15) is 54.0 Å². The zero-order valence-corrected chi connectivity index (χ0v) is 50.2. The number of nitrogens with zero attached hydrogens (tertiary/aromatic N) is 2. The average molecular weight is 1270 g/mol. The fourth-order valence-corrected chi connectivity index (χ4v) is 9.25. The van der Waals surface area contributed by atoms with Crippen LogP contribution in [0.4, 0.5) is 0 Å². The van der Waals surface area contributed by atoms with Crippen molar-refractivity contribution in [2.75, 3.05) is 25.6 Å². The van der Waals surface area contributed by atoms with Crippen molar-refractivity contribution in [2.45, 2.75) is 209 Å². The lowest BCUT2D eigenvalue weighted by molar-refractivity contribution is -0.159. The van der Waals surface area contributed by atoms with Crippen molar-refractivity contribution in [2.24, 2.45) is 11.5 Å². The van der Waals surface area contributed by atoms with Crippen molar-refractivity contribution >= 4 is 82.5 Å². The van der Waals surface area contributed by atoms with Gasteiger partial charge in [-0.15, -0.1) is 11.6 Å². The molecule has 13 atom stereocenters. The maximum atomic E-state index is 14.9. The van der Waals surface area contributed by atoms with E-state index in [0.717, 1.165) is 71.3 Å². The third-order valence-electron chi connectivity index (χ3n) is 14.1. The SMILES string of the molecule is C/C=C1/NC(=O)[C@H]([C@H](C)O)NC(=O)[C@H](Cc2cnc[nH]2)NC(=O)[C@@H](CCO)NC(=O)[C@H](CC(N)=O)NC(=O)[C@@H](CCCN)NC(=O)[C@H](CO)N(C(=O)CC(O)C(O)CCCCCCCCCCCC)C(=O)[C@H]([C@H](O)CCl)NC(=O)[C@H](C(O)C(=O)O)NC1=O. The third kappa shape index (κ3) is 25.5. The topological polar surface area (TPSA) is 547 Å². The number of aromatic amines is 1. The number of imide groups is 1. The Balaban J connectivity index is 2.91. The van der Waals surface area contributed by atoms with Crippen LogP contribution in [-0.4, -0.2) is 231 Å². The second kappa shape index (κ2) is 40.3. The Hall–Kier alpha value is -7.24. The molecule has 0 saturated carbocycles. The van der Waals surface area contributed by atoms with E-state index in [-0.39, 0.29) is 30.0 Å². The average Bonchev–Trinajstić information content (AvgIpc) is 2.19. The monoisotopic (exact) mass is 1270 g/mol. The number of H-pyrrole nitrogens is 1. The summed E-state index contributed by atoms with van der Waals surface area (Å²) in [5.74, 6) is -19.3. The molecule has 3 unspecified atom stereocenters. The molecule has 1 aromatic rings. The second-order valence-electron chi connectivity index (χ2n) is 21.1. The lowest BCUT2D eigenvalue weighted by atomic mass is 10.00. The number of hydrogen-bond acceptors (Lipinski definition) is 21. The number of primary amides is 1. The highest BCUT2D eigenvalue weighted by Gasteiger charge is 2.45. The Morgan fingerprint density at radius 1 is 0.682 bits per heavy atom. The number of nitrogens with two attached hydrogens (primary N) is 2. The Morgan fingerprint density at radius 3 is 1.75 bits per heavy atom. The van der Waals surface area contributed by atoms with Crippen LogP contribution < -0.4 is 54.0 Å². The predicted octanol–water partition coefficient (Wildman–Crippen LogP) is -6.06. The standard InChI is InChI=1S/C54H88ClN13O20/c1-4-6-7-8-9-10-11-12-13-14-17-36(72)37(73)23-40(76)68-35(26-70)50(83)62-31(16-15-19-56)46(79)64-34(22-39(57)75)48(81)61-32(18-20-69)47(80)63-33(21-29-25-58-27-59-29)49(82)65-41(28(3)71)51(84)60-30(5-2)45(78)67-43(44(77)54(87)88)52(85)66-42(53(68)86)38(74)24-55/h5,25,27-28,31-38,41-44,69-74,77H,4,6-24,26,56H2,1-3H3,(H2,57,75)(H,58,59)(H,60,84)(H,61,81)(H,62,83)(H,63,80)(H,64,79)(H,65,82)(H,66,85)(H,67,78)(H,87,88)/b30-5+/t28-,31+,32+,33-,34-,35-,36?,37?,38+,41-,42-,43-,44?/m0/s1. The van der Waals surface area contributed by atoms with Crippen LogP contribution in [-0.2, 0) is 64.0 Å². The van der Waals surface area contributed by atoms with Gasteiger partial charge in [-0.2, -0.15) is 0 Å². The van der Waals surface area contributed by atoms with Crippen LogP contribution in [0.3, 0.4) is 0 Å². The Kier molecular flexibility index (Phi) is 35.2. The van der Waals surface area contributed by atoms with Gasteiger partial charge < -0.3 is 99.8 Å². The number of rotatable bonds is 29. The highest BCUT2D eigenvalue weighted by atomic mass is 35.5. The smallest absolute Gasteiger partial charge is 0.335 e. The van der Waals surface area contributed by atoms with Gasteiger partial charge in [-0.1, -0.05) is 77.2 Å². The molecule has 0 bridgehead atoms. The van der Waals surface area contributed by atoms with Gasteiger partial charge in [0, 0.05) is 24.9 Å². The number of imidazole rings is 1. The number of carbonyl (C=O) groups is 12. The van der Waals surface area contributed by atoms with Gasteiger partial charge in [-0.05, 0) is 46.1 Å². The predicted molar refractivity (Wildman–Crippen MR) is 309 cm³/mol. The van der Waals surface area contributed by atoms with E-state index in [2.05, 4.69) is 48.8 Å². The number of carboxylic acid groups (broad SMARTS) is 1. The number of aliphatic hydroxyl groups excluding tert-OH is 7. The maximum absolute atomic E-state index is 14.9. The lowest BCUT2D eigenvalue weighted by Crippen LogP contribution is -2.66. The molecular formula is C54H88ClN13O20. The molecule has 1 aromatic heterocycles. The number of aromatic nitrogens is 2. The Bertz CT molecular complexity index is 2510. The summed E-state index contributed by atoms with van der Waals surface area (Å²) in [5.41, 5.74) is 10.5. The maximum Gasteiger partial charge on any atom is 0.335 e. The van der Waals surface area contributed by atoms with Gasteiger partial charge in [0.05, 0.1) is 56.1 Å². The fraction of sp³-hybridized carbons (Fsp3) is 0.685. The Labute approximate surface area is 512 Å². The molecule has 496 valence electrons. The molecule has 21 N–H and O–H groups in total. The van der Waals surface area contributed by atoms with Crippen LogP contribution in [0.25, 0.3) is 0 Å². The zero-order chi connectivity index (χ0) is 66.2. The van der Waals surface area contributed by atoms with Crippen molar-refractivity contribution < 1.29 is 98.4 Å². The molecule has 1 fully saturated rings.